The zero-order valence-electron chi connectivity index (χ0n) is 12.3. The molecule has 1 aliphatic heterocycles. The second kappa shape index (κ2) is 5.31. The fraction of sp³-hybridized carbons (Fsp3) is 0.471. The van der Waals surface area contributed by atoms with Crippen molar-refractivity contribution in [2.24, 2.45) is 0 Å². The molecule has 0 fully saturated rings. The highest BCUT2D eigenvalue weighted by Crippen LogP contribution is 2.28. The Morgan fingerprint density at radius 3 is 3.05 bits per heavy atom. The summed E-state index contributed by atoms with van der Waals surface area (Å²) in [6.07, 6.45) is 3.71. The van der Waals surface area contributed by atoms with Crippen LogP contribution in [0.2, 0.25) is 0 Å². The van der Waals surface area contributed by atoms with Gasteiger partial charge >= 0.3 is 0 Å². The Balaban J connectivity index is 1.87. The Labute approximate surface area is 120 Å². The Bertz CT molecular complexity index is 642. The van der Waals surface area contributed by atoms with Crippen LogP contribution in [0.15, 0.2) is 18.2 Å². The number of nitrogens with one attached hydrogen (secondary N) is 1. The highest BCUT2D eigenvalue weighted by atomic mass is 16.2. The lowest BCUT2D eigenvalue weighted by atomic mass is 10.0. The minimum absolute atomic E-state index is 0.305. The van der Waals surface area contributed by atoms with Crippen molar-refractivity contribution in [1.29, 1.82) is 0 Å². The molecule has 1 N–H and O–H groups in total. The number of aryl methyl sites for hydroxylation is 1. The molecule has 0 atom stereocenters. The molecule has 1 aromatic carbocycles. The fourth-order valence-electron chi connectivity index (χ4n) is 3.03. The van der Waals surface area contributed by atoms with E-state index in [1.807, 2.05) is 4.90 Å². The third-order valence-electron chi connectivity index (χ3n) is 4.23. The van der Waals surface area contributed by atoms with Crippen molar-refractivity contribution in [3.8, 4) is 0 Å². The molecular weight excluding hydrogens is 248 g/mol. The molecule has 0 unspecified atom stereocenters. The number of H-pyrrole nitrogens is 1. The largest absolute Gasteiger partial charge is 0.358 e. The van der Waals surface area contributed by atoms with Crippen molar-refractivity contribution in [2.45, 2.75) is 46.1 Å². The zero-order valence-corrected chi connectivity index (χ0v) is 12.3. The third kappa shape index (κ3) is 2.33. The number of fused-ring (bicyclic) bond motifs is 3. The summed E-state index contributed by atoms with van der Waals surface area (Å²) in [7, 11) is 0. The van der Waals surface area contributed by atoms with Gasteiger partial charge in [-0.15, -0.1) is 0 Å². The first-order chi connectivity index (χ1) is 9.69. The van der Waals surface area contributed by atoms with Gasteiger partial charge < -0.3 is 9.88 Å². The molecular formula is C17H22N2O. The quantitative estimate of drug-likeness (QED) is 0.909. The molecule has 0 radical (unpaired) electrons. The highest BCUT2D eigenvalue weighted by Gasteiger charge is 2.23. The Kier molecular flexibility index (Phi) is 3.51. The normalized spacial score (nSPS) is 14.6. The van der Waals surface area contributed by atoms with Gasteiger partial charge in [0.25, 0.3) is 0 Å². The number of amides is 1. The lowest BCUT2D eigenvalue weighted by Crippen LogP contribution is -2.35. The van der Waals surface area contributed by atoms with Crippen molar-refractivity contribution in [3.63, 3.8) is 0 Å². The minimum atomic E-state index is 0.305. The number of rotatable bonds is 3. The molecule has 0 saturated carbocycles. The molecule has 0 bridgehead atoms. The van der Waals surface area contributed by atoms with E-state index in [4.69, 9.17) is 0 Å². The number of hydrogen-bond donors (Lipinski definition) is 1. The summed E-state index contributed by atoms with van der Waals surface area (Å²) in [6, 6.07) is 6.52. The summed E-state index contributed by atoms with van der Waals surface area (Å²) in [5, 5.41) is 1.28. The molecule has 3 nitrogen and oxygen atoms in total. The van der Waals surface area contributed by atoms with E-state index in [1.165, 1.54) is 27.7 Å². The number of unbranched alkanes of at least 4 members (excludes halogenated alkanes) is 1. The Morgan fingerprint density at radius 2 is 2.25 bits per heavy atom. The summed E-state index contributed by atoms with van der Waals surface area (Å²) < 4.78 is 0. The standard InChI is InChI=1S/C17H22N2O/c1-3-4-5-17(20)19-9-8-15-14(11-19)13-7-6-12(2)10-16(13)18-15/h6-7,10,18H,3-5,8-9,11H2,1-2H3. The molecule has 0 aliphatic carbocycles. The second-order valence-electron chi connectivity index (χ2n) is 5.80. The number of nitrogens with zero attached hydrogens (tertiary/aromatic N) is 1. The second-order valence-corrected chi connectivity index (χ2v) is 5.80. The van der Waals surface area contributed by atoms with Gasteiger partial charge in [0.05, 0.1) is 0 Å². The average Bonchev–Trinajstić information content (AvgIpc) is 2.81. The van der Waals surface area contributed by atoms with Gasteiger partial charge in [-0.2, -0.15) is 0 Å². The number of aromatic nitrogens is 1. The smallest absolute Gasteiger partial charge is 0.222 e. The van der Waals surface area contributed by atoms with Crippen LogP contribution in [-0.2, 0) is 17.8 Å². The summed E-state index contributed by atoms with van der Waals surface area (Å²) >= 11 is 0. The van der Waals surface area contributed by atoms with E-state index in [2.05, 4.69) is 37.0 Å². The maximum atomic E-state index is 12.2. The molecule has 2 heterocycles. The van der Waals surface area contributed by atoms with Crippen LogP contribution >= 0.6 is 0 Å². The van der Waals surface area contributed by atoms with Crippen molar-refractivity contribution in [2.75, 3.05) is 6.54 Å². The van der Waals surface area contributed by atoms with E-state index < -0.39 is 0 Å². The lowest BCUT2D eigenvalue weighted by molar-refractivity contribution is -0.132. The number of hydrogen-bond acceptors (Lipinski definition) is 1. The average molecular weight is 270 g/mol. The minimum Gasteiger partial charge on any atom is -0.358 e. The first-order valence-electron chi connectivity index (χ1n) is 7.57. The van der Waals surface area contributed by atoms with Gasteiger partial charge in [0.2, 0.25) is 5.91 Å². The van der Waals surface area contributed by atoms with Crippen LogP contribution in [0.4, 0.5) is 0 Å². The predicted molar refractivity (Wildman–Crippen MR) is 81.7 cm³/mol. The van der Waals surface area contributed by atoms with Gasteiger partial charge in [-0.3, -0.25) is 4.79 Å². The van der Waals surface area contributed by atoms with Crippen molar-refractivity contribution in [1.82, 2.24) is 9.88 Å². The van der Waals surface area contributed by atoms with Gasteiger partial charge in [0.1, 0.15) is 0 Å². The van der Waals surface area contributed by atoms with Crippen molar-refractivity contribution in [3.05, 3.63) is 35.0 Å². The maximum Gasteiger partial charge on any atom is 0.222 e. The molecule has 106 valence electrons. The van der Waals surface area contributed by atoms with Gasteiger partial charge in [-0.25, -0.2) is 0 Å². The number of carbonyl (C=O) groups excluding carboxylic acids is 1. The first-order valence-corrected chi connectivity index (χ1v) is 7.57. The summed E-state index contributed by atoms with van der Waals surface area (Å²) in [4.78, 5) is 17.7. The van der Waals surface area contributed by atoms with E-state index in [0.29, 0.717) is 12.3 Å². The molecule has 0 saturated heterocycles. The van der Waals surface area contributed by atoms with E-state index in [9.17, 15) is 4.79 Å². The van der Waals surface area contributed by atoms with Crippen molar-refractivity contribution < 1.29 is 4.79 Å². The molecule has 1 aromatic heterocycles. The number of aromatic amines is 1. The summed E-state index contributed by atoms with van der Waals surface area (Å²) in [5.41, 5.74) is 5.10. The van der Waals surface area contributed by atoms with Crippen LogP contribution in [-0.4, -0.2) is 22.3 Å². The lowest BCUT2D eigenvalue weighted by Gasteiger charge is -2.27. The van der Waals surface area contributed by atoms with Crippen LogP contribution in [0.25, 0.3) is 10.9 Å². The monoisotopic (exact) mass is 270 g/mol. The Hall–Kier alpha value is -1.77. The molecule has 1 aliphatic rings. The van der Waals surface area contributed by atoms with Crippen molar-refractivity contribution >= 4 is 16.8 Å². The highest BCUT2D eigenvalue weighted by molar-refractivity contribution is 5.86. The molecule has 3 heteroatoms. The van der Waals surface area contributed by atoms with Gasteiger partial charge in [-0.05, 0) is 25.0 Å². The molecule has 2 aromatic rings. The third-order valence-corrected chi connectivity index (χ3v) is 4.23. The van der Waals surface area contributed by atoms with Crippen LogP contribution in [0.3, 0.4) is 0 Å². The fourth-order valence-corrected chi connectivity index (χ4v) is 3.03. The molecule has 20 heavy (non-hydrogen) atoms. The van der Waals surface area contributed by atoms with Crippen LogP contribution < -0.4 is 0 Å². The van der Waals surface area contributed by atoms with Gasteiger partial charge in [-0.1, -0.05) is 25.5 Å². The summed E-state index contributed by atoms with van der Waals surface area (Å²) in [5.74, 6) is 0.305. The van der Waals surface area contributed by atoms with E-state index in [0.717, 1.165) is 32.4 Å². The van der Waals surface area contributed by atoms with Gasteiger partial charge in [0.15, 0.2) is 0 Å². The van der Waals surface area contributed by atoms with E-state index >= 15 is 0 Å². The van der Waals surface area contributed by atoms with Crippen LogP contribution in [0.5, 0.6) is 0 Å². The van der Waals surface area contributed by atoms with Crippen LogP contribution in [0.1, 0.15) is 43.0 Å². The number of carbonyl (C=O) groups is 1. The topological polar surface area (TPSA) is 36.1 Å². The molecule has 3 rings (SSSR count). The predicted octanol–water partition coefficient (Wildman–Crippen LogP) is 3.55. The van der Waals surface area contributed by atoms with E-state index in [1.54, 1.807) is 0 Å². The van der Waals surface area contributed by atoms with E-state index in [-0.39, 0.29) is 0 Å². The van der Waals surface area contributed by atoms with Crippen LogP contribution in [0, 0.1) is 6.92 Å². The Morgan fingerprint density at radius 1 is 1.40 bits per heavy atom. The number of benzene rings is 1. The van der Waals surface area contributed by atoms with Gasteiger partial charge in [0, 0.05) is 48.1 Å². The SMILES string of the molecule is CCCCC(=O)N1CCc2[nH]c3cc(C)ccc3c2C1. The maximum absolute atomic E-state index is 12.2. The molecule has 0 spiro atoms. The molecule has 1 amide bonds. The first kappa shape index (κ1) is 13.2. The zero-order chi connectivity index (χ0) is 14.1. The summed E-state index contributed by atoms with van der Waals surface area (Å²) in [6.45, 7) is 5.85.